The van der Waals surface area contributed by atoms with Crippen LogP contribution >= 0.6 is 0 Å². The van der Waals surface area contributed by atoms with Crippen LogP contribution < -0.4 is 0 Å². The molecule has 6 atom stereocenters. The number of halogens is 6. The molecular weight excluding hydrogens is 574 g/mol. The number of fused-ring (bicyclic) bond motifs is 1. The van der Waals surface area contributed by atoms with Gasteiger partial charge < -0.3 is 20.4 Å². The highest BCUT2D eigenvalue weighted by Gasteiger charge is 2.70. The lowest BCUT2D eigenvalue weighted by Gasteiger charge is -2.49. The Hall–Kier alpha value is -1.80. The summed E-state index contributed by atoms with van der Waals surface area (Å²) in [6, 6.07) is 0. The minimum atomic E-state index is -6.01. The molecular formula is C33H46F6O4. The molecule has 0 aromatic rings. The second-order valence-corrected chi connectivity index (χ2v) is 14.1. The highest BCUT2D eigenvalue weighted by atomic mass is 19.4. The van der Waals surface area contributed by atoms with E-state index in [1.807, 2.05) is 19.1 Å². The van der Waals surface area contributed by atoms with Gasteiger partial charge in [0, 0.05) is 12.8 Å². The Kier molecular flexibility index (Phi) is 10.4. The van der Waals surface area contributed by atoms with Gasteiger partial charge in [-0.25, -0.2) is 0 Å². The smallest absolute Gasteiger partial charge is 0.393 e. The van der Waals surface area contributed by atoms with E-state index in [0.717, 1.165) is 37.2 Å². The molecule has 244 valence electrons. The molecule has 0 radical (unpaired) electrons. The van der Waals surface area contributed by atoms with E-state index in [9.17, 15) is 46.8 Å². The fourth-order valence-electron chi connectivity index (χ4n) is 7.84. The SMILES string of the molecule is C=C1/C(=C\C=C2/CCC[C@@]3(C)C2CCC3C(C)(CC#CC(O)(C(F)(F)F)C(F)(F)F)CCCC(C)(C)O)C[C@@H](O)C[C@@H]1O. The zero-order valence-corrected chi connectivity index (χ0v) is 25.5. The van der Waals surface area contributed by atoms with Crippen molar-refractivity contribution in [1.82, 2.24) is 0 Å². The van der Waals surface area contributed by atoms with E-state index >= 15 is 0 Å². The predicted molar refractivity (Wildman–Crippen MR) is 152 cm³/mol. The minimum Gasteiger partial charge on any atom is -0.393 e. The van der Waals surface area contributed by atoms with Gasteiger partial charge in [0.05, 0.1) is 17.8 Å². The van der Waals surface area contributed by atoms with Crippen LogP contribution in [0.2, 0.25) is 0 Å². The monoisotopic (exact) mass is 620 g/mol. The molecule has 0 bridgehead atoms. The van der Waals surface area contributed by atoms with Gasteiger partial charge in [0.1, 0.15) is 0 Å². The summed E-state index contributed by atoms with van der Waals surface area (Å²) in [4.78, 5) is 0. The lowest BCUT2D eigenvalue weighted by Crippen LogP contribution is -2.55. The summed E-state index contributed by atoms with van der Waals surface area (Å²) < 4.78 is 79.9. The van der Waals surface area contributed by atoms with Gasteiger partial charge in [-0.1, -0.05) is 50.5 Å². The molecule has 3 saturated carbocycles. The van der Waals surface area contributed by atoms with Gasteiger partial charge in [-0.05, 0) is 105 Å². The van der Waals surface area contributed by atoms with E-state index in [1.165, 1.54) is 5.57 Å². The molecule has 3 aliphatic carbocycles. The highest BCUT2D eigenvalue weighted by molar-refractivity contribution is 5.39. The molecule has 3 rings (SSSR count). The van der Waals surface area contributed by atoms with Crippen molar-refractivity contribution < 1.29 is 46.8 Å². The van der Waals surface area contributed by atoms with Crippen molar-refractivity contribution in [3.05, 3.63) is 35.5 Å². The Morgan fingerprint density at radius 3 is 2.19 bits per heavy atom. The van der Waals surface area contributed by atoms with Crippen LogP contribution in [0, 0.1) is 34.5 Å². The molecule has 0 aromatic heterocycles. The molecule has 3 aliphatic rings. The van der Waals surface area contributed by atoms with Gasteiger partial charge in [-0.2, -0.15) is 26.3 Å². The summed E-state index contributed by atoms with van der Waals surface area (Å²) in [6.45, 7) is 11.3. The van der Waals surface area contributed by atoms with Crippen molar-refractivity contribution in [2.75, 3.05) is 0 Å². The van der Waals surface area contributed by atoms with Crippen LogP contribution in [-0.2, 0) is 0 Å². The lowest BCUT2D eigenvalue weighted by molar-refractivity contribution is -0.343. The van der Waals surface area contributed by atoms with Crippen LogP contribution in [0.25, 0.3) is 0 Å². The molecule has 0 aliphatic heterocycles. The number of allylic oxidation sites excluding steroid dienone is 3. The second-order valence-electron chi connectivity index (χ2n) is 14.1. The Bertz CT molecular complexity index is 1140. The number of rotatable bonds is 7. The van der Waals surface area contributed by atoms with Gasteiger partial charge in [-0.3, -0.25) is 0 Å². The lowest BCUT2D eigenvalue weighted by atomic mass is 9.55. The topological polar surface area (TPSA) is 80.9 Å². The highest BCUT2D eigenvalue weighted by Crippen LogP contribution is 2.63. The van der Waals surface area contributed by atoms with Crippen LogP contribution in [0.3, 0.4) is 0 Å². The average molecular weight is 621 g/mol. The third-order valence-electron chi connectivity index (χ3n) is 10.2. The first-order valence-corrected chi connectivity index (χ1v) is 15.1. The Labute approximate surface area is 251 Å². The molecule has 0 amide bonds. The number of aliphatic hydroxyl groups excluding tert-OH is 2. The first-order chi connectivity index (χ1) is 19.5. The maximum atomic E-state index is 13.3. The van der Waals surface area contributed by atoms with E-state index in [4.69, 9.17) is 0 Å². The Balaban J connectivity index is 1.95. The first-order valence-electron chi connectivity index (χ1n) is 15.1. The van der Waals surface area contributed by atoms with E-state index in [-0.39, 0.29) is 30.1 Å². The molecule has 0 spiro atoms. The molecule has 3 unspecified atom stereocenters. The fourth-order valence-corrected chi connectivity index (χ4v) is 7.84. The number of hydrogen-bond acceptors (Lipinski definition) is 4. The Morgan fingerprint density at radius 1 is 0.977 bits per heavy atom. The molecule has 0 heterocycles. The summed E-state index contributed by atoms with van der Waals surface area (Å²) in [5, 5.41) is 40.2. The largest absolute Gasteiger partial charge is 0.438 e. The fraction of sp³-hybridized carbons (Fsp3) is 0.758. The summed E-state index contributed by atoms with van der Waals surface area (Å²) in [6.07, 6.45) is -3.77. The zero-order chi connectivity index (χ0) is 32.6. The first kappa shape index (κ1) is 35.7. The van der Waals surface area contributed by atoms with Gasteiger partial charge in [0.25, 0.3) is 0 Å². The van der Waals surface area contributed by atoms with Crippen LogP contribution in [-0.4, -0.2) is 56.2 Å². The van der Waals surface area contributed by atoms with Crippen molar-refractivity contribution in [1.29, 1.82) is 0 Å². The number of hydrogen-bond donors (Lipinski definition) is 4. The van der Waals surface area contributed by atoms with E-state index in [2.05, 4.69) is 19.4 Å². The maximum Gasteiger partial charge on any atom is 0.438 e. The van der Waals surface area contributed by atoms with Crippen molar-refractivity contribution in [3.63, 3.8) is 0 Å². The van der Waals surface area contributed by atoms with E-state index < -0.39 is 41.2 Å². The second kappa shape index (κ2) is 12.5. The van der Waals surface area contributed by atoms with Crippen LogP contribution in [0.5, 0.6) is 0 Å². The molecule has 10 heteroatoms. The Morgan fingerprint density at radius 2 is 1.60 bits per heavy atom. The molecule has 3 fully saturated rings. The van der Waals surface area contributed by atoms with Gasteiger partial charge in [0.2, 0.25) is 0 Å². The van der Waals surface area contributed by atoms with Crippen molar-refractivity contribution in [3.8, 4) is 11.8 Å². The van der Waals surface area contributed by atoms with Gasteiger partial charge in [0.15, 0.2) is 0 Å². The van der Waals surface area contributed by atoms with Crippen LogP contribution in [0.4, 0.5) is 26.3 Å². The van der Waals surface area contributed by atoms with Crippen molar-refractivity contribution in [2.45, 2.75) is 134 Å². The van der Waals surface area contributed by atoms with Gasteiger partial charge >= 0.3 is 18.0 Å². The molecule has 4 N–H and O–H groups in total. The normalized spacial score (nSPS) is 32.4. The van der Waals surface area contributed by atoms with Crippen LogP contribution in [0.1, 0.15) is 98.3 Å². The molecule has 0 saturated heterocycles. The van der Waals surface area contributed by atoms with Crippen molar-refractivity contribution >= 4 is 0 Å². The predicted octanol–water partition coefficient (Wildman–Crippen LogP) is 7.32. The van der Waals surface area contributed by atoms with Crippen molar-refractivity contribution in [2.24, 2.45) is 22.7 Å². The third-order valence-corrected chi connectivity index (χ3v) is 10.2. The summed E-state index contributed by atoms with van der Waals surface area (Å²) in [5.41, 5.74) is -4.60. The quantitative estimate of drug-likeness (QED) is 0.178. The third kappa shape index (κ3) is 7.71. The van der Waals surface area contributed by atoms with Gasteiger partial charge in [-0.15, -0.1) is 0 Å². The maximum absolute atomic E-state index is 13.3. The number of aliphatic hydroxyl groups is 4. The molecule has 4 nitrogen and oxygen atoms in total. The zero-order valence-electron chi connectivity index (χ0n) is 25.5. The summed E-state index contributed by atoms with van der Waals surface area (Å²) in [7, 11) is 0. The average Bonchev–Trinajstić information content (AvgIpc) is 3.21. The molecule has 43 heavy (non-hydrogen) atoms. The number of alkyl halides is 6. The van der Waals surface area contributed by atoms with E-state index in [0.29, 0.717) is 37.7 Å². The summed E-state index contributed by atoms with van der Waals surface area (Å²) in [5.74, 6) is 3.35. The van der Waals surface area contributed by atoms with E-state index in [1.54, 1.807) is 13.8 Å². The summed E-state index contributed by atoms with van der Waals surface area (Å²) >= 11 is 0. The van der Waals surface area contributed by atoms with Crippen LogP contribution in [0.15, 0.2) is 35.5 Å². The minimum absolute atomic E-state index is 0.0735. The molecule has 0 aromatic carbocycles. The standard InChI is InChI=1S/C33H46F6O4/c1-21-23(19-24(40)20-26(21)41)11-10-22-9-6-17-30(5)25(22)12-13-27(30)29(4,15-7-14-28(2,3)42)16-8-18-31(43,32(34,35)36)33(37,38)39/h10-11,24-27,40-43H,1,6-7,9,12-17,19-20H2,2-5H3/b22-10+,23-11-/t24-,25?,26+,27?,29?,30+/m1/s1.